The fourth-order valence-corrected chi connectivity index (χ4v) is 3.61. The van der Waals surface area contributed by atoms with E-state index in [2.05, 4.69) is 16.3 Å². The Labute approximate surface area is 193 Å². The van der Waals surface area contributed by atoms with Gasteiger partial charge >= 0.3 is 0 Å². The summed E-state index contributed by atoms with van der Waals surface area (Å²) in [4.78, 5) is 14.4. The number of hydrogen-bond acceptors (Lipinski definition) is 7. The van der Waals surface area contributed by atoms with Crippen LogP contribution >= 0.6 is 23.4 Å². The molecule has 0 aliphatic heterocycles. The number of thioether (sulfide) groups is 1. The molecule has 0 saturated carbocycles. The Morgan fingerprint density at radius 2 is 2.06 bits per heavy atom. The molecule has 8 nitrogen and oxygen atoms in total. The summed E-state index contributed by atoms with van der Waals surface area (Å²) >= 11 is 7.21. The topological polar surface area (TPSA) is 110 Å². The van der Waals surface area contributed by atoms with Crippen LogP contribution in [0.1, 0.15) is 17.8 Å². The summed E-state index contributed by atoms with van der Waals surface area (Å²) < 4.78 is 19.8. The van der Waals surface area contributed by atoms with Gasteiger partial charge < -0.3 is 15.5 Å². The molecule has 166 valence electrons. The number of rotatable bonds is 9. The highest BCUT2D eigenvalue weighted by Gasteiger charge is 2.19. The van der Waals surface area contributed by atoms with Crippen molar-refractivity contribution < 1.29 is 13.9 Å². The van der Waals surface area contributed by atoms with Crippen molar-refractivity contribution in [2.45, 2.75) is 25.1 Å². The van der Waals surface area contributed by atoms with Gasteiger partial charge in [-0.2, -0.15) is 5.26 Å². The van der Waals surface area contributed by atoms with Gasteiger partial charge in [0.15, 0.2) is 5.82 Å². The van der Waals surface area contributed by atoms with Crippen LogP contribution in [-0.4, -0.2) is 33.1 Å². The van der Waals surface area contributed by atoms with E-state index in [-0.39, 0.29) is 37.0 Å². The first kappa shape index (κ1) is 23.4. The lowest BCUT2D eigenvalue weighted by molar-refractivity contribution is -0.116. The molecule has 0 atom stereocenters. The molecule has 0 fully saturated rings. The van der Waals surface area contributed by atoms with Gasteiger partial charge in [-0.3, -0.25) is 4.79 Å². The summed E-state index contributed by atoms with van der Waals surface area (Å²) in [7, 11) is 0. The number of anilines is 1. The van der Waals surface area contributed by atoms with Gasteiger partial charge in [-0.1, -0.05) is 23.4 Å². The van der Waals surface area contributed by atoms with Crippen molar-refractivity contribution in [3.63, 3.8) is 0 Å². The number of benzene rings is 2. The minimum atomic E-state index is -0.361. The van der Waals surface area contributed by atoms with E-state index in [1.165, 1.54) is 33.8 Å². The highest BCUT2D eigenvalue weighted by molar-refractivity contribution is 7.99. The number of hydrogen-bond donors (Lipinski definition) is 1. The minimum Gasteiger partial charge on any atom is -0.486 e. The van der Waals surface area contributed by atoms with Crippen molar-refractivity contribution in [1.29, 1.82) is 5.26 Å². The molecule has 0 bridgehead atoms. The van der Waals surface area contributed by atoms with Crippen molar-refractivity contribution >= 4 is 35.0 Å². The molecular formula is C21H20ClFN6O2S. The third kappa shape index (κ3) is 5.90. The fourth-order valence-electron chi connectivity index (χ4n) is 2.74. The van der Waals surface area contributed by atoms with Crippen LogP contribution in [0.5, 0.6) is 5.75 Å². The van der Waals surface area contributed by atoms with Gasteiger partial charge in [0, 0.05) is 17.3 Å². The van der Waals surface area contributed by atoms with Crippen molar-refractivity contribution in [2.75, 3.05) is 23.0 Å². The van der Waals surface area contributed by atoms with Crippen molar-refractivity contribution in [3.05, 3.63) is 64.7 Å². The van der Waals surface area contributed by atoms with E-state index in [1.807, 2.05) is 6.92 Å². The monoisotopic (exact) mass is 474 g/mol. The number of nitriles is 1. The van der Waals surface area contributed by atoms with Gasteiger partial charge in [0.1, 0.15) is 18.2 Å². The molecule has 0 aliphatic rings. The van der Waals surface area contributed by atoms with Crippen LogP contribution in [0.2, 0.25) is 5.02 Å². The maximum Gasteiger partial charge on any atom is 0.237 e. The fraction of sp³-hybridized carbons (Fsp3) is 0.238. The van der Waals surface area contributed by atoms with E-state index in [0.29, 0.717) is 27.4 Å². The van der Waals surface area contributed by atoms with Gasteiger partial charge in [-0.25, -0.2) is 9.07 Å². The second-order valence-electron chi connectivity index (χ2n) is 6.69. The summed E-state index contributed by atoms with van der Waals surface area (Å²) in [5, 5.41) is 17.9. The number of halogens is 2. The van der Waals surface area contributed by atoms with Crippen LogP contribution in [0, 0.1) is 24.1 Å². The van der Waals surface area contributed by atoms with Crippen LogP contribution in [-0.2, 0) is 11.4 Å². The lowest BCUT2D eigenvalue weighted by atomic mass is 10.2. The van der Waals surface area contributed by atoms with Crippen molar-refractivity contribution in [2.24, 2.45) is 0 Å². The molecule has 0 saturated heterocycles. The maximum atomic E-state index is 13.0. The summed E-state index contributed by atoms with van der Waals surface area (Å²) in [6, 6.07) is 12.9. The molecule has 0 aliphatic carbocycles. The third-order valence-corrected chi connectivity index (χ3v) is 5.79. The van der Waals surface area contributed by atoms with Crippen molar-refractivity contribution in [1.82, 2.24) is 14.9 Å². The van der Waals surface area contributed by atoms with Crippen LogP contribution in [0.15, 0.2) is 47.6 Å². The molecule has 1 amide bonds. The molecular weight excluding hydrogens is 455 g/mol. The number of nitrogens with zero attached hydrogens (tertiary/aromatic N) is 5. The molecule has 2 N–H and O–H groups in total. The number of nitrogen functional groups attached to an aromatic ring is 1. The summed E-state index contributed by atoms with van der Waals surface area (Å²) in [5.41, 5.74) is 1.49. The molecule has 3 rings (SSSR count). The summed E-state index contributed by atoms with van der Waals surface area (Å²) in [6.07, 6.45) is 0.191. The largest absolute Gasteiger partial charge is 0.486 e. The first-order valence-corrected chi connectivity index (χ1v) is 10.9. The zero-order valence-corrected chi connectivity index (χ0v) is 18.7. The zero-order valence-electron chi connectivity index (χ0n) is 17.2. The van der Waals surface area contributed by atoms with Gasteiger partial charge in [-0.15, -0.1) is 10.2 Å². The van der Waals surface area contributed by atoms with Gasteiger partial charge in [-0.05, 0) is 55.0 Å². The Bertz CT molecular complexity index is 1130. The Morgan fingerprint density at radius 3 is 2.75 bits per heavy atom. The van der Waals surface area contributed by atoms with Crippen LogP contribution in [0.3, 0.4) is 0 Å². The number of carbonyl (C=O) groups is 1. The molecule has 2 aromatic carbocycles. The number of ether oxygens (including phenoxy) is 1. The maximum absolute atomic E-state index is 13.0. The average Bonchev–Trinajstić information content (AvgIpc) is 3.14. The Hall–Kier alpha value is -3.29. The first-order chi connectivity index (χ1) is 15.4. The number of nitrogens with two attached hydrogens (primary N) is 1. The molecule has 0 radical (unpaired) electrons. The second-order valence-corrected chi connectivity index (χ2v) is 8.04. The third-order valence-electron chi connectivity index (χ3n) is 4.44. The van der Waals surface area contributed by atoms with E-state index < -0.39 is 0 Å². The summed E-state index contributed by atoms with van der Waals surface area (Å²) in [5.74, 6) is 6.31. The molecule has 11 heteroatoms. The number of aryl methyl sites for hydroxylation is 1. The molecule has 1 heterocycles. The van der Waals surface area contributed by atoms with E-state index in [0.717, 1.165) is 17.3 Å². The van der Waals surface area contributed by atoms with E-state index in [9.17, 15) is 9.18 Å². The quantitative estimate of drug-likeness (QED) is 0.371. The molecule has 1 aromatic heterocycles. The predicted octanol–water partition coefficient (Wildman–Crippen LogP) is 3.71. The normalized spacial score (nSPS) is 10.6. The number of amides is 1. The van der Waals surface area contributed by atoms with E-state index >= 15 is 0 Å². The lowest BCUT2D eigenvalue weighted by Crippen LogP contribution is -2.33. The Balaban J connectivity index is 1.63. The highest BCUT2D eigenvalue weighted by atomic mass is 35.5. The molecule has 32 heavy (non-hydrogen) atoms. The number of carbonyl (C=O) groups excluding carboxylic acids is 1. The smallest absolute Gasteiger partial charge is 0.237 e. The average molecular weight is 475 g/mol. The lowest BCUT2D eigenvalue weighted by Gasteiger charge is -2.22. The SMILES string of the molecule is Cc1cc(N(CCC#N)C(=O)CSc2nnc(COc3ccc(F)cc3)n2N)ccc1Cl. The van der Waals surface area contributed by atoms with Gasteiger partial charge in [0.25, 0.3) is 0 Å². The van der Waals surface area contributed by atoms with Crippen molar-refractivity contribution in [3.8, 4) is 11.8 Å². The van der Waals surface area contributed by atoms with Gasteiger partial charge in [0.05, 0.1) is 18.2 Å². The molecule has 3 aromatic rings. The Morgan fingerprint density at radius 1 is 1.31 bits per heavy atom. The predicted molar refractivity (Wildman–Crippen MR) is 120 cm³/mol. The standard InChI is InChI=1S/C21H20ClFN6O2S/c1-14-11-16(5-8-18(14)22)28(10-2-9-24)20(30)13-32-21-27-26-19(29(21)25)12-31-17-6-3-15(23)4-7-17/h3-8,11H,2,10,12-13,25H2,1H3. The van der Waals surface area contributed by atoms with E-state index in [4.69, 9.17) is 27.4 Å². The highest BCUT2D eigenvalue weighted by Crippen LogP contribution is 2.24. The minimum absolute atomic E-state index is 0.0297. The molecule has 0 spiro atoms. The summed E-state index contributed by atoms with van der Waals surface area (Å²) in [6.45, 7) is 2.13. The Kier molecular flexibility index (Phi) is 7.92. The first-order valence-electron chi connectivity index (χ1n) is 9.53. The van der Waals surface area contributed by atoms with Crippen LogP contribution < -0.4 is 15.5 Å². The zero-order chi connectivity index (χ0) is 23.1. The number of aromatic nitrogens is 3. The molecule has 0 unspecified atom stereocenters. The van der Waals surface area contributed by atoms with Crippen LogP contribution in [0.4, 0.5) is 10.1 Å². The van der Waals surface area contributed by atoms with E-state index in [1.54, 1.807) is 18.2 Å². The second kappa shape index (κ2) is 10.8. The van der Waals surface area contributed by atoms with Crippen LogP contribution in [0.25, 0.3) is 0 Å². The van der Waals surface area contributed by atoms with Gasteiger partial charge in [0.2, 0.25) is 11.1 Å².